The van der Waals surface area contributed by atoms with Crippen LogP contribution < -0.4 is 5.73 Å². The molecule has 2 aromatic heterocycles. The second kappa shape index (κ2) is 3.98. The van der Waals surface area contributed by atoms with E-state index in [0.717, 1.165) is 11.4 Å². The van der Waals surface area contributed by atoms with Crippen molar-refractivity contribution in [2.24, 2.45) is 5.73 Å². The fourth-order valence-corrected chi connectivity index (χ4v) is 2.73. The van der Waals surface area contributed by atoms with Crippen LogP contribution in [0.2, 0.25) is 0 Å². The quantitative estimate of drug-likeness (QED) is 0.751. The van der Waals surface area contributed by atoms with Gasteiger partial charge >= 0.3 is 0 Å². The molecule has 1 atom stereocenters. The Morgan fingerprint density at radius 2 is 2.24 bits per heavy atom. The van der Waals surface area contributed by atoms with E-state index >= 15 is 0 Å². The Morgan fingerprint density at radius 3 is 3.06 bits per heavy atom. The number of imidazole rings is 1. The molecule has 17 heavy (non-hydrogen) atoms. The highest BCUT2D eigenvalue weighted by Crippen LogP contribution is 2.24. The minimum Gasteiger partial charge on any atom is -0.323 e. The molecular weight excluding hydrogens is 230 g/mol. The van der Waals surface area contributed by atoms with Crippen LogP contribution in [0.5, 0.6) is 0 Å². The topological polar surface area (TPSA) is 43.8 Å². The summed E-state index contributed by atoms with van der Waals surface area (Å²) in [4.78, 5) is 4.17. The van der Waals surface area contributed by atoms with Crippen molar-refractivity contribution in [1.82, 2.24) is 9.55 Å². The molecule has 0 amide bonds. The Bertz CT molecular complexity index is 651. The molecule has 3 aromatic rings. The van der Waals surface area contributed by atoms with Crippen LogP contribution in [0.1, 0.15) is 18.7 Å². The van der Waals surface area contributed by atoms with Crippen molar-refractivity contribution in [3.05, 3.63) is 47.9 Å². The Labute approximate surface area is 104 Å². The average molecular weight is 243 g/mol. The van der Waals surface area contributed by atoms with Crippen LogP contribution in [0.15, 0.2) is 42.2 Å². The summed E-state index contributed by atoms with van der Waals surface area (Å²) in [5.74, 6) is 0. The molecule has 0 radical (unpaired) electrons. The van der Waals surface area contributed by atoms with Gasteiger partial charge in [-0.05, 0) is 42.0 Å². The number of thiophene rings is 1. The number of nitrogens with zero attached hydrogens (tertiary/aromatic N) is 2. The molecule has 3 rings (SSSR count). The summed E-state index contributed by atoms with van der Waals surface area (Å²) in [5.41, 5.74) is 8.07. The molecule has 2 N–H and O–H groups in total. The highest BCUT2D eigenvalue weighted by atomic mass is 32.1. The number of nitrogens with two attached hydrogens (primary N) is 1. The summed E-state index contributed by atoms with van der Waals surface area (Å²) >= 11 is 1.75. The molecule has 0 aliphatic carbocycles. The van der Waals surface area contributed by atoms with E-state index in [1.54, 1.807) is 11.3 Å². The standard InChI is InChI=1S/C13H13N3S/c1-9(14)12-7-15-8-16(12)11-2-3-13-10(6-11)4-5-17-13/h2-9H,14H2,1H3/t9-/m1/s1. The lowest BCUT2D eigenvalue weighted by Crippen LogP contribution is -2.10. The maximum atomic E-state index is 5.93. The molecule has 0 fully saturated rings. The van der Waals surface area contributed by atoms with Gasteiger partial charge in [0.25, 0.3) is 0 Å². The first kappa shape index (κ1) is 10.5. The molecule has 0 unspecified atom stereocenters. The summed E-state index contributed by atoms with van der Waals surface area (Å²) in [7, 11) is 0. The highest BCUT2D eigenvalue weighted by molar-refractivity contribution is 7.17. The van der Waals surface area contributed by atoms with Crippen LogP contribution in [-0.4, -0.2) is 9.55 Å². The number of fused-ring (bicyclic) bond motifs is 1. The zero-order valence-electron chi connectivity index (χ0n) is 9.50. The van der Waals surface area contributed by atoms with Gasteiger partial charge in [0, 0.05) is 16.4 Å². The lowest BCUT2D eigenvalue weighted by molar-refractivity contribution is 0.753. The Balaban J connectivity index is 2.16. The SMILES string of the molecule is C[C@@H](N)c1cncn1-c1ccc2sccc2c1. The second-order valence-corrected chi connectivity index (χ2v) is 5.07. The highest BCUT2D eigenvalue weighted by Gasteiger charge is 2.08. The number of benzene rings is 1. The van der Waals surface area contributed by atoms with Crippen molar-refractivity contribution in [3.63, 3.8) is 0 Å². The van der Waals surface area contributed by atoms with Crippen molar-refractivity contribution < 1.29 is 0 Å². The van der Waals surface area contributed by atoms with E-state index in [4.69, 9.17) is 5.73 Å². The van der Waals surface area contributed by atoms with Gasteiger partial charge in [-0.2, -0.15) is 0 Å². The third-order valence-electron chi connectivity index (χ3n) is 2.85. The molecule has 3 nitrogen and oxygen atoms in total. The molecule has 4 heteroatoms. The molecule has 0 spiro atoms. The monoisotopic (exact) mass is 243 g/mol. The van der Waals surface area contributed by atoms with Gasteiger partial charge in [-0.25, -0.2) is 4.98 Å². The van der Waals surface area contributed by atoms with E-state index in [-0.39, 0.29) is 6.04 Å². The van der Waals surface area contributed by atoms with Gasteiger partial charge in [-0.1, -0.05) is 0 Å². The molecule has 86 valence electrons. The van der Waals surface area contributed by atoms with Crippen LogP contribution in [0.4, 0.5) is 0 Å². The van der Waals surface area contributed by atoms with Crippen molar-refractivity contribution in [3.8, 4) is 5.69 Å². The minimum atomic E-state index is -0.0179. The van der Waals surface area contributed by atoms with Gasteiger partial charge in [0.05, 0.1) is 18.2 Å². The first-order valence-corrected chi connectivity index (χ1v) is 6.39. The minimum absolute atomic E-state index is 0.0179. The predicted molar refractivity (Wildman–Crippen MR) is 71.5 cm³/mol. The molecule has 0 aliphatic rings. The molecule has 0 saturated heterocycles. The molecular formula is C13H13N3S. The number of hydrogen-bond acceptors (Lipinski definition) is 3. The van der Waals surface area contributed by atoms with Gasteiger partial charge in [0.1, 0.15) is 0 Å². The van der Waals surface area contributed by atoms with E-state index in [0.29, 0.717) is 0 Å². The van der Waals surface area contributed by atoms with Gasteiger partial charge in [-0.15, -0.1) is 11.3 Å². The van der Waals surface area contributed by atoms with Gasteiger partial charge in [0.2, 0.25) is 0 Å². The van der Waals surface area contributed by atoms with Gasteiger partial charge in [-0.3, -0.25) is 0 Å². The van der Waals surface area contributed by atoms with E-state index in [1.165, 1.54) is 10.1 Å². The lowest BCUT2D eigenvalue weighted by Gasteiger charge is -2.10. The summed E-state index contributed by atoms with van der Waals surface area (Å²) in [6.45, 7) is 1.97. The largest absolute Gasteiger partial charge is 0.323 e. The Kier molecular flexibility index (Phi) is 2.46. The molecule has 0 saturated carbocycles. The second-order valence-electron chi connectivity index (χ2n) is 4.12. The van der Waals surface area contributed by atoms with Crippen LogP contribution in [-0.2, 0) is 0 Å². The predicted octanol–water partition coefficient (Wildman–Crippen LogP) is 3.11. The van der Waals surface area contributed by atoms with Crippen LogP contribution in [0, 0.1) is 0 Å². The maximum absolute atomic E-state index is 5.93. The van der Waals surface area contributed by atoms with E-state index < -0.39 is 0 Å². The first-order chi connectivity index (χ1) is 8.25. The summed E-state index contributed by atoms with van der Waals surface area (Å²) in [6.07, 6.45) is 3.63. The summed E-state index contributed by atoms with van der Waals surface area (Å²) in [6, 6.07) is 8.52. The fraction of sp³-hybridized carbons (Fsp3) is 0.154. The Hall–Kier alpha value is -1.65. The smallest absolute Gasteiger partial charge is 0.0994 e. The van der Waals surface area contributed by atoms with Crippen LogP contribution >= 0.6 is 11.3 Å². The molecule has 1 aromatic carbocycles. The third kappa shape index (κ3) is 1.75. The van der Waals surface area contributed by atoms with Gasteiger partial charge < -0.3 is 10.3 Å². The zero-order valence-corrected chi connectivity index (χ0v) is 10.3. The van der Waals surface area contributed by atoms with E-state index in [1.807, 2.05) is 24.0 Å². The Morgan fingerprint density at radius 1 is 1.35 bits per heavy atom. The van der Waals surface area contributed by atoms with E-state index in [2.05, 4.69) is 34.6 Å². The van der Waals surface area contributed by atoms with Gasteiger partial charge in [0.15, 0.2) is 0 Å². The van der Waals surface area contributed by atoms with E-state index in [9.17, 15) is 0 Å². The van der Waals surface area contributed by atoms with Crippen LogP contribution in [0.25, 0.3) is 15.8 Å². The maximum Gasteiger partial charge on any atom is 0.0994 e. The molecule has 2 heterocycles. The van der Waals surface area contributed by atoms with Crippen molar-refractivity contribution in [2.75, 3.05) is 0 Å². The summed E-state index contributed by atoms with van der Waals surface area (Å²) < 4.78 is 3.35. The zero-order chi connectivity index (χ0) is 11.8. The number of aromatic nitrogens is 2. The molecule has 0 bridgehead atoms. The fourth-order valence-electron chi connectivity index (χ4n) is 1.96. The summed E-state index contributed by atoms with van der Waals surface area (Å²) in [5, 5.41) is 3.37. The third-order valence-corrected chi connectivity index (χ3v) is 3.75. The number of rotatable bonds is 2. The molecule has 0 aliphatic heterocycles. The van der Waals surface area contributed by atoms with Crippen molar-refractivity contribution >= 4 is 21.4 Å². The normalized spacial score (nSPS) is 13.1. The first-order valence-electron chi connectivity index (χ1n) is 5.51. The van der Waals surface area contributed by atoms with Crippen molar-refractivity contribution in [1.29, 1.82) is 0 Å². The number of hydrogen-bond donors (Lipinski definition) is 1. The lowest BCUT2D eigenvalue weighted by atomic mass is 10.2. The van der Waals surface area contributed by atoms with Crippen LogP contribution in [0.3, 0.4) is 0 Å². The average Bonchev–Trinajstić information content (AvgIpc) is 2.96. The van der Waals surface area contributed by atoms with Crippen molar-refractivity contribution in [2.45, 2.75) is 13.0 Å².